The van der Waals surface area contributed by atoms with E-state index in [0.717, 1.165) is 11.4 Å². The van der Waals surface area contributed by atoms with Crippen LogP contribution < -0.4 is 10.5 Å². The fourth-order valence-electron chi connectivity index (χ4n) is 1.34. The standard InChI is InChI=1S/C13H12ClN3O/c1-18-11-5-2-9(3-6-11)16-17-10-4-7-13(15)12(14)8-10/h2-8H,15H2,1H3/b17-16+. The van der Waals surface area contributed by atoms with Crippen molar-refractivity contribution in [2.24, 2.45) is 10.2 Å². The summed E-state index contributed by atoms with van der Waals surface area (Å²) in [4.78, 5) is 0. The number of hydrogen-bond donors (Lipinski definition) is 1. The van der Waals surface area contributed by atoms with Crippen molar-refractivity contribution in [3.8, 4) is 5.75 Å². The van der Waals surface area contributed by atoms with E-state index in [-0.39, 0.29) is 0 Å². The molecule has 2 aromatic rings. The summed E-state index contributed by atoms with van der Waals surface area (Å²) in [6.45, 7) is 0. The van der Waals surface area contributed by atoms with Crippen LogP contribution >= 0.6 is 11.6 Å². The van der Waals surface area contributed by atoms with Gasteiger partial charge in [-0.05, 0) is 42.5 Å². The fraction of sp³-hybridized carbons (Fsp3) is 0.0769. The first kappa shape index (κ1) is 12.4. The van der Waals surface area contributed by atoms with Crippen LogP contribution in [0.5, 0.6) is 5.75 Å². The summed E-state index contributed by atoms with van der Waals surface area (Å²) in [5.41, 5.74) is 7.53. The molecule has 0 amide bonds. The number of rotatable bonds is 3. The van der Waals surface area contributed by atoms with Crippen molar-refractivity contribution in [1.82, 2.24) is 0 Å². The molecule has 0 aliphatic rings. The van der Waals surface area contributed by atoms with Crippen LogP contribution in [0.3, 0.4) is 0 Å². The first-order valence-electron chi connectivity index (χ1n) is 5.30. The Morgan fingerprint density at radius 1 is 1.00 bits per heavy atom. The van der Waals surface area contributed by atoms with Gasteiger partial charge in [-0.3, -0.25) is 0 Å². The van der Waals surface area contributed by atoms with Crippen molar-refractivity contribution in [3.63, 3.8) is 0 Å². The summed E-state index contributed by atoms with van der Waals surface area (Å²) in [6, 6.07) is 12.4. The van der Waals surface area contributed by atoms with Crippen LogP contribution in [-0.2, 0) is 0 Å². The van der Waals surface area contributed by atoms with E-state index in [1.54, 1.807) is 25.3 Å². The van der Waals surface area contributed by atoms with Gasteiger partial charge in [-0.25, -0.2) is 0 Å². The van der Waals surface area contributed by atoms with Gasteiger partial charge in [0.2, 0.25) is 0 Å². The van der Waals surface area contributed by atoms with Gasteiger partial charge in [-0.1, -0.05) is 11.6 Å². The maximum atomic E-state index is 5.89. The molecular weight excluding hydrogens is 250 g/mol. The van der Waals surface area contributed by atoms with Gasteiger partial charge in [0.05, 0.1) is 29.2 Å². The number of ether oxygens (including phenoxy) is 1. The van der Waals surface area contributed by atoms with Crippen molar-refractivity contribution >= 4 is 28.7 Å². The Labute approximate surface area is 110 Å². The fourth-order valence-corrected chi connectivity index (χ4v) is 1.52. The van der Waals surface area contributed by atoms with E-state index in [2.05, 4.69) is 10.2 Å². The van der Waals surface area contributed by atoms with Gasteiger partial charge in [0.25, 0.3) is 0 Å². The highest BCUT2D eigenvalue weighted by molar-refractivity contribution is 6.33. The average molecular weight is 262 g/mol. The molecule has 0 fully saturated rings. The maximum Gasteiger partial charge on any atom is 0.119 e. The Bertz CT molecular complexity index is 567. The van der Waals surface area contributed by atoms with E-state index in [1.165, 1.54) is 0 Å². The summed E-state index contributed by atoms with van der Waals surface area (Å²) in [5.74, 6) is 0.782. The Morgan fingerprint density at radius 3 is 2.22 bits per heavy atom. The number of hydrogen-bond acceptors (Lipinski definition) is 4. The summed E-state index contributed by atoms with van der Waals surface area (Å²) in [5, 5.41) is 8.64. The number of halogens is 1. The molecule has 0 aliphatic heterocycles. The highest BCUT2D eigenvalue weighted by Crippen LogP contribution is 2.26. The largest absolute Gasteiger partial charge is 0.497 e. The number of nitrogens with zero attached hydrogens (tertiary/aromatic N) is 2. The molecule has 4 nitrogen and oxygen atoms in total. The maximum absolute atomic E-state index is 5.89. The van der Waals surface area contributed by atoms with Crippen molar-refractivity contribution in [3.05, 3.63) is 47.5 Å². The molecule has 18 heavy (non-hydrogen) atoms. The van der Waals surface area contributed by atoms with E-state index in [0.29, 0.717) is 16.4 Å². The van der Waals surface area contributed by atoms with Gasteiger partial charge in [-0.15, -0.1) is 0 Å². The van der Waals surface area contributed by atoms with Gasteiger partial charge in [0.1, 0.15) is 5.75 Å². The molecule has 0 heterocycles. The number of benzene rings is 2. The smallest absolute Gasteiger partial charge is 0.119 e. The average Bonchev–Trinajstić information content (AvgIpc) is 2.41. The first-order valence-corrected chi connectivity index (χ1v) is 5.67. The van der Waals surface area contributed by atoms with E-state index in [4.69, 9.17) is 22.1 Å². The van der Waals surface area contributed by atoms with Crippen LogP contribution in [0.15, 0.2) is 52.7 Å². The Hall–Kier alpha value is -2.07. The van der Waals surface area contributed by atoms with Crippen LogP contribution in [0.2, 0.25) is 5.02 Å². The predicted octanol–water partition coefficient (Wildman–Crippen LogP) is 4.35. The lowest BCUT2D eigenvalue weighted by Crippen LogP contribution is -1.83. The molecule has 2 N–H and O–H groups in total. The number of nitrogens with two attached hydrogens (primary N) is 1. The zero-order valence-corrected chi connectivity index (χ0v) is 10.6. The Balaban J connectivity index is 2.16. The quantitative estimate of drug-likeness (QED) is 0.660. The molecule has 0 unspecified atom stereocenters. The van der Waals surface area contributed by atoms with Crippen LogP contribution in [0.4, 0.5) is 17.1 Å². The number of nitrogen functional groups attached to an aromatic ring is 1. The van der Waals surface area contributed by atoms with E-state index in [9.17, 15) is 0 Å². The SMILES string of the molecule is COc1ccc(/N=N/c2ccc(N)c(Cl)c2)cc1. The van der Waals surface area contributed by atoms with Gasteiger partial charge in [0.15, 0.2) is 0 Å². The highest BCUT2D eigenvalue weighted by Gasteiger charge is 1.97. The van der Waals surface area contributed by atoms with Crippen LogP contribution in [0, 0.1) is 0 Å². The zero-order chi connectivity index (χ0) is 13.0. The minimum absolute atomic E-state index is 0.473. The van der Waals surface area contributed by atoms with E-state index in [1.807, 2.05) is 24.3 Å². The first-order chi connectivity index (χ1) is 8.69. The number of methoxy groups -OCH3 is 1. The molecule has 2 rings (SSSR count). The Kier molecular flexibility index (Phi) is 3.79. The second-order valence-corrected chi connectivity index (χ2v) is 4.01. The monoisotopic (exact) mass is 261 g/mol. The number of anilines is 1. The molecule has 5 heteroatoms. The molecular formula is C13H12ClN3O. The predicted molar refractivity (Wildman–Crippen MR) is 73.0 cm³/mol. The summed E-state index contributed by atoms with van der Waals surface area (Å²) in [7, 11) is 1.62. The molecule has 92 valence electrons. The highest BCUT2D eigenvalue weighted by atomic mass is 35.5. The van der Waals surface area contributed by atoms with E-state index >= 15 is 0 Å². The van der Waals surface area contributed by atoms with Gasteiger partial charge in [0, 0.05) is 0 Å². The molecule has 0 aromatic heterocycles. The molecule has 0 radical (unpaired) electrons. The van der Waals surface area contributed by atoms with Crippen LogP contribution in [-0.4, -0.2) is 7.11 Å². The molecule has 0 spiro atoms. The van der Waals surface area contributed by atoms with Crippen molar-refractivity contribution in [2.45, 2.75) is 0 Å². The normalized spacial score (nSPS) is 10.8. The number of azo groups is 1. The lowest BCUT2D eigenvalue weighted by atomic mass is 10.3. The summed E-state index contributed by atoms with van der Waals surface area (Å²) < 4.78 is 5.06. The topological polar surface area (TPSA) is 60.0 Å². The lowest BCUT2D eigenvalue weighted by Gasteiger charge is -1.99. The third-order valence-corrected chi connectivity index (χ3v) is 2.66. The lowest BCUT2D eigenvalue weighted by molar-refractivity contribution is 0.415. The Morgan fingerprint density at radius 2 is 1.61 bits per heavy atom. The van der Waals surface area contributed by atoms with Gasteiger partial charge >= 0.3 is 0 Å². The minimum atomic E-state index is 0.473. The molecule has 0 saturated heterocycles. The third kappa shape index (κ3) is 2.99. The second-order valence-electron chi connectivity index (χ2n) is 3.60. The third-order valence-electron chi connectivity index (χ3n) is 2.34. The van der Waals surface area contributed by atoms with Gasteiger partial charge in [-0.2, -0.15) is 10.2 Å². The van der Waals surface area contributed by atoms with Crippen LogP contribution in [0.25, 0.3) is 0 Å². The second kappa shape index (κ2) is 5.51. The van der Waals surface area contributed by atoms with E-state index < -0.39 is 0 Å². The molecule has 0 aliphatic carbocycles. The van der Waals surface area contributed by atoms with Crippen molar-refractivity contribution in [1.29, 1.82) is 0 Å². The minimum Gasteiger partial charge on any atom is -0.497 e. The summed E-state index contributed by atoms with van der Waals surface area (Å²) in [6.07, 6.45) is 0. The molecule has 0 bridgehead atoms. The zero-order valence-electron chi connectivity index (χ0n) is 9.80. The molecule has 0 saturated carbocycles. The van der Waals surface area contributed by atoms with Crippen LogP contribution in [0.1, 0.15) is 0 Å². The molecule has 2 aromatic carbocycles. The van der Waals surface area contributed by atoms with Crippen molar-refractivity contribution < 1.29 is 4.74 Å². The summed E-state index contributed by atoms with van der Waals surface area (Å²) >= 11 is 5.89. The van der Waals surface area contributed by atoms with Crippen molar-refractivity contribution in [2.75, 3.05) is 12.8 Å². The molecule has 0 atom stereocenters. The van der Waals surface area contributed by atoms with Gasteiger partial charge < -0.3 is 10.5 Å².